The second-order valence-electron chi connectivity index (χ2n) is 5.16. The molecule has 0 aliphatic carbocycles. The molecule has 0 aliphatic rings. The molecule has 2 rings (SSSR count). The quantitative estimate of drug-likeness (QED) is 0.623. The van der Waals surface area contributed by atoms with Gasteiger partial charge < -0.3 is 0 Å². The molecule has 20 heavy (non-hydrogen) atoms. The van der Waals surface area contributed by atoms with Gasteiger partial charge in [0.2, 0.25) is 0 Å². The molecule has 0 bridgehead atoms. The Bertz CT molecular complexity index is 579. The molecule has 0 fully saturated rings. The summed E-state index contributed by atoms with van der Waals surface area (Å²) in [6.45, 7) is 9.72. The van der Waals surface area contributed by atoms with Crippen molar-refractivity contribution in [1.82, 2.24) is 0 Å². The molecule has 1 unspecified atom stereocenters. The van der Waals surface area contributed by atoms with Gasteiger partial charge in [0, 0.05) is 5.56 Å². The van der Waals surface area contributed by atoms with Gasteiger partial charge in [-0.15, -0.1) is 6.58 Å². The SMILES string of the molecule is [CH2]C(C)c1ccc(F)c(-c2ccc(CCC=C)cc2)c1. The minimum Gasteiger partial charge on any atom is -0.206 e. The largest absolute Gasteiger partial charge is 0.206 e. The first-order chi connectivity index (χ1) is 9.61. The van der Waals surface area contributed by atoms with Crippen LogP contribution in [0.3, 0.4) is 0 Å². The van der Waals surface area contributed by atoms with Crippen molar-refractivity contribution in [3.8, 4) is 11.1 Å². The molecule has 103 valence electrons. The molecule has 1 heteroatoms. The highest BCUT2D eigenvalue weighted by atomic mass is 19.1. The first-order valence-corrected chi connectivity index (χ1v) is 6.94. The Labute approximate surface area is 121 Å². The van der Waals surface area contributed by atoms with Crippen LogP contribution in [-0.2, 0) is 6.42 Å². The molecule has 0 saturated carbocycles. The molecule has 0 N–H and O–H groups in total. The maximum Gasteiger partial charge on any atom is 0.131 e. The normalized spacial score (nSPS) is 10.8. The van der Waals surface area contributed by atoms with Gasteiger partial charge in [0.25, 0.3) is 0 Å². The Kier molecular flexibility index (Phi) is 4.73. The fourth-order valence-corrected chi connectivity index (χ4v) is 2.19. The molecule has 0 aromatic heterocycles. The van der Waals surface area contributed by atoms with Gasteiger partial charge in [-0.1, -0.05) is 43.3 Å². The molecule has 1 radical (unpaired) electrons. The lowest BCUT2D eigenvalue weighted by Crippen LogP contribution is -1.92. The molecule has 2 aromatic rings. The van der Waals surface area contributed by atoms with Crippen LogP contribution in [0.4, 0.5) is 4.39 Å². The Hall–Kier alpha value is -1.89. The van der Waals surface area contributed by atoms with E-state index in [1.807, 2.05) is 31.2 Å². The van der Waals surface area contributed by atoms with Gasteiger partial charge in [-0.25, -0.2) is 4.39 Å². The summed E-state index contributed by atoms with van der Waals surface area (Å²) in [5.74, 6) is -0.0329. The Balaban J connectivity index is 2.31. The molecule has 0 nitrogen and oxygen atoms in total. The van der Waals surface area contributed by atoms with Crippen LogP contribution in [0.15, 0.2) is 55.1 Å². The third kappa shape index (κ3) is 3.36. The Morgan fingerprint density at radius 3 is 2.45 bits per heavy atom. The summed E-state index contributed by atoms with van der Waals surface area (Å²) in [5.41, 5.74) is 3.86. The fraction of sp³-hybridized carbons (Fsp3) is 0.211. The van der Waals surface area contributed by atoms with E-state index < -0.39 is 0 Å². The minimum atomic E-state index is -0.187. The average molecular weight is 267 g/mol. The molecule has 0 saturated heterocycles. The van der Waals surface area contributed by atoms with Crippen molar-refractivity contribution < 1.29 is 4.39 Å². The van der Waals surface area contributed by atoms with Crippen LogP contribution in [0.5, 0.6) is 0 Å². The number of hydrogen-bond acceptors (Lipinski definition) is 0. The highest BCUT2D eigenvalue weighted by Gasteiger charge is 2.08. The van der Waals surface area contributed by atoms with Crippen molar-refractivity contribution in [1.29, 1.82) is 0 Å². The molecule has 0 aliphatic heterocycles. The van der Waals surface area contributed by atoms with Gasteiger partial charge >= 0.3 is 0 Å². The van der Waals surface area contributed by atoms with Crippen molar-refractivity contribution >= 4 is 0 Å². The van der Waals surface area contributed by atoms with E-state index in [0.717, 1.165) is 24.0 Å². The van der Waals surface area contributed by atoms with Crippen LogP contribution < -0.4 is 0 Å². The monoisotopic (exact) mass is 267 g/mol. The van der Waals surface area contributed by atoms with Crippen molar-refractivity contribution in [2.45, 2.75) is 25.7 Å². The number of benzene rings is 2. The Morgan fingerprint density at radius 1 is 1.15 bits per heavy atom. The third-order valence-electron chi connectivity index (χ3n) is 3.46. The van der Waals surface area contributed by atoms with E-state index in [1.54, 1.807) is 6.07 Å². The third-order valence-corrected chi connectivity index (χ3v) is 3.46. The number of halogens is 1. The molecule has 1 atom stereocenters. The minimum absolute atomic E-state index is 0.154. The first kappa shape index (κ1) is 14.5. The first-order valence-electron chi connectivity index (χ1n) is 6.94. The lowest BCUT2D eigenvalue weighted by atomic mass is 9.96. The average Bonchev–Trinajstić information content (AvgIpc) is 2.46. The lowest BCUT2D eigenvalue weighted by molar-refractivity contribution is 0.630. The second-order valence-corrected chi connectivity index (χ2v) is 5.16. The van der Waals surface area contributed by atoms with E-state index in [9.17, 15) is 4.39 Å². The topological polar surface area (TPSA) is 0 Å². The zero-order chi connectivity index (χ0) is 14.5. The van der Waals surface area contributed by atoms with E-state index >= 15 is 0 Å². The summed E-state index contributed by atoms with van der Waals surface area (Å²) in [4.78, 5) is 0. The van der Waals surface area contributed by atoms with Crippen LogP contribution in [0.2, 0.25) is 0 Å². The number of hydrogen-bond donors (Lipinski definition) is 0. The van der Waals surface area contributed by atoms with Crippen molar-refractivity contribution in [2.75, 3.05) is 0 Å². The summed E-state index contributed by atoms with van der Waals surface area (Å²) in [6.07, 6.45) is 3.84. The van der Waals surface area contributed by atoms with E-state index in [0.29, 0.717) is 5.56 Å². The highest BCUT2D eigenvalue weighted by molar-refractivity contribution is 5.65. The molecule has 0 spiro atoms. The predicted octanol–water partition coefficient (Wildman–Crippen LogP) is 5.55. The maximum absolute atomic E-state index is 14.0. The van der Waals surface area contributed by atoms with E-state index in [-0.39, 0.29) is 11.7 Å². The summed E-state index contributed by atoms with van der Waals surface area (Å²) < 4.78 is 14.0. The summed E-state index contributed by atoms with van der Waals surface area (Å²) in [5, 5.41) is 0. The van der Waals surface area contributed by atoms with Gasteiger partial charge in [0.05, 0.1) is 0 Å². The van der Waals surface area contributed by atoms with Crippen molar-refractivity contribution in [3.05, 3.63) is 79.0 Å². The van der Waals surface area contributed by atoms with Gasteiger partial charge in [-0.05, 0) is 54.5 Å². The predicted molar refractivity (Wildman–Crippen MR) is 84.1 cm³/mol. The smallest absolute Gasteiger partial charge is 0.131 e. The molecule has 0 amide bonds. The summed E-state index contributed by atoms with van der Waals surface area (Å²) in [7, 11) is 0. The highest BCUT2D eigenvalue weighted by Crippen LogP contribution is 2.27. The fourth-order valence-electron chi connectivity index (χ4n) is 2.19. The van der Waals surface area contributed by atoms with Crippen LogP contribution in [0.1, 0.15) is 30.4 Å². The van der Waals surface area contributed by atoms with Gasteiger partial charge in [0.15, 0.2) is 0 Å². The van der Waals surface area contributed by atoms with Crippen molar-refractivity contribution in [2.24, 2.45) is 0 Å². The zero-order valence-corrected chi connectivity index (χ0v) is 11.9. The van der Waals surface area contributed by atoms with Gasteiger partial charge in [-0.3, -0.25) is 0 Å². The standard InChI is InChI=1S/C19H20F/c1-4-5-6-15-7-9-16(10-8-15)18-13-17(14(2)3)11-12-19(18)20/h4,7-14H,1-2,5-6H2,3H3. The molecule has 0 heterocycles. The van der Waals surface area contributed by atoms with Crippen LogP contribution >= 0.6 is 0 Å². The zero-order valence-electron chi connectivity index (χ0n) is 11.9. The van der Waals surface area contributed by atoms with Crippen LogP contribution in [0.25, 0.3) is 11.1 Å². The molecular formula is C19H20F. The maximum atomic E-state index is 14.0. The second kappa shape index (κ2) is 6.51. The van der Waals surface area contributed by atoms with Crippen LogP contribution in [-0.4, -0.2) is 0 Å². The van der Waals surface area contributed by atoms with E-state index in [2.05, 4.69) is 25.6 Å². The summed E-state index contributed by atoms with van der Waals surface area (Å²) in [6, 6.07) is 13.3. The number of rotatable bonds is 5. The van der Waals surface area contributed by atoms with Crippen LogP contribution in [0, 0.1) is 12.7 Å². The number of aryl methyl sites for hydroxylation is 1. The van der Waals surface area contributed by atoms with E-state index in [1.165, 1.54) is 11.6 Å². The Morgan fingerprint density at radius 2 is 1.85 bits per heavy atom. The summed E-state index contributed by atoms with van der Waals surface area (Å²) >= 11 is 0. The number of allylic oxidation sites excluding steroid dienone is 1. The van der Waals surface area contributed by atoms with E-state index in [4.69, 9.17) is 0 Å². The molecule has 2 aromatic carbocycles. The van der Waals surface area contributed by atoms with Gasteiger partial charge in [-0.2, -0.15) is 0 Å². The molecular weight excluding hydrogens is 247 g/mol. The van der Waals surface area contributed by atoms with Crippen molar-refractivity contribution in [3.63, 3.8) is 0 Å². The lowest BCUT2D eigenvalue weighted by Gasteiger charge is -2.10. The van der Waals surface area contributed by atoms with Gasteiger partial charge in [0.1, 0.15) is 5.82 Å².